The Hall–Kier alpha value is -1.35. The molecule has 1 unspecified atom stereocenters. The Morgan fingerprint density at radius 1 is 1.29 bits per heavy atom. The van der Waals surface area contributed by atoms with Crippen LogP contribution < -0.4 is 5.32 Å². The summed E-state index contributed by atoms with van der Waals surface area (Å²) in [5, 5.41) is 13.0. The van der Waals surface area contributed by atoms with Crippen LogP contribution in [-0.2, 0) is 11.2 Å². The van der Waals surface area contributed by atoms with Crippen LogP contribution in [0.2, 0.25) is 0 Å². The molecular formula is C14H19NO2. The summed E-state index contributed by atoms with van der Waals surface area (Å²) in [6.07, 6.45) is 3.32. The molecule has 92 valence electrons. The molecule has 1 aliphatic heterocycles. The van der Waals surface area contributed by atoms with Crippen molar-refractivity contribution in [3.8, 4) is 5.75 Å². The van der Waals surface area contributed by atoms with E-state index in [1.54, 1.807) is 12.1 Å². The number of phenols is 1. The number of Topliss-reactive ketones (excluding diaryl/α,β-unsaturated/α-hetero) is 1. The fourth-order valence-corrected chi connectivity index (χ4v) is 2.33. The standard InChI is InChI=1S/C14H19NO2/c16-13-6-2-1-4-12(13)10-14(17)11-5-3-8-15-9-7-11/h1-2,4,6,11,15-16H,3,5,7-10H2. The van der Waals surface area contributed by atoms with Crippen LogP contribution in [0, 0.1) is 5.92 Å². The van der Waals surface area contributed by atoms with Gasteiger partial charge in [0.2, 0.25) is 0 Å². The highest BCUT2D eigenvalue weighted by atomic mass is 16.3. The summed E-state index contributed by atoms with van der Waals surface area (Å²) in [6, 6.07) is 7.09. The summed E-state index contributed by atoms with van der Waals surface area (Å²) in [6.45, 7) is 1.94. The molecule has 3 nitrogen and oxygen atoms in total. The number of hydrogen-bond acceptors (Lipinski definition) is 3. The van der Waals surface area contributed by atoms with Crippen LogP contribution in [0.1, 0.15) is 24.8 Å². The van der Waals surface area contributed by atoms with E-state index in [1.807, 2.05) is 12.1 Å². The van der Waals surface area contributed by atoms with Crippen molar-refractivity contribution in [2.24, 2.45) is 5.92 Å². The zero-order valence-electron chi connectivity index (χ0n) is 9.98. The first-order valence-corrected chi connectivity index (χ1v) is 6.27. The fourth-order valence-electron chi connectivity index (χ4n) is 2.33. The third-order valence-corrected chi connectivity index (χ3v) is 3.39. The summed E-state index contributed by atoms with van der Waals surface area (Å²) < 4.78 is 0. The number of rotatable bonds is 3. The second-order valence-electron chi connectivity index (χ2n) is 4.65. The lowest BCUT2D eigenvalue weighted by Gasteiger charge is -2.12. The number of ketones is 1. The van der Waals surface area contributed by atoms with Crippen molar-refractivity contribution in [3.63, 3.8) is 0 Å². The molecule has 0 amide bonds. The van der Waals surface area contributed by atoms with Crippen molar-refractivity contribution in [3.05, 3.63) is 29.8 Å². The maximum Gasteiger partial charge on any atom is 0.140 e. The normalized spacial score (nSPS) is 20.8. The van der Waals surface area contributed by atoms with Crippen molar-refractivity contribution in [1.82, 2.24) is 5.32 Å². The number of carbonyl (C=O) groups is 1. The molecule has 0 radical (unpaired) electrons. The summed E-state index contributed by atoms with van der Waals surface area (Å²) in [5.41, 5.74) is 0.745. The number of benzene rings is 1. The minimum absolute atomic E-state index is 0.157. The van der Waals surface area contributed by atoms with Gasteiger partial charge in [-0.2, -0.15) is 0 Å². The van der Waals surface area contributed by atoms with Gasteiger partial charge in [0.1, 0.15) is 11.5 Å². The lowest BCUT2D eigenvalue weighted by atomic mass is 9.91. The molecule has 0 bridgehead atoms. The molecule has 1 fully saturated rings. The summed E-state index contributed by atoms with van der Waals surface area (Å²) in [5.74, 6) is 0.646. The number of phenolic OH excluding ortho intramolecular Hbond substituents is 1. The van der Waals surface area contributed by atoms with E-state index < -0.39 is 0 Å². The third kappa shape index (κ3) is 3.30. The van der Waals surface area contributed by atoms with Gasteiger partial charge in [0, 0.05) is 17.9 Å². The summed E-state index contributed by atoms with van der Waals surface area (Å²) in [4.78, 5) is 12.1. The molecule has 0 aliphatic carbocycles. The average molecular weight is 233 g/mol. The monoisotopic (exact) mass is 233 g/mol. The fraction of sp³-hybridized carbons (Fsp3) is 0.500. The highest BCUT2D eigenvalue weighted by molar-refractivity contribution is 5.83. The van der Waals surface area contributed by atoms with Crippen molar-refractivity contribution < 1.29 is 9.90 Å². The molecule has 0 saturated carbocycles. The van der Waals surface area contributed by atoms with E-state index >= 15 is 0 Å². The van der Waals surface area contributed by atoms with Crippen molar-refractivity contribution in [2.75, 3.05) is 13.1 Å². The molecular weight excluding hydrogens is 214 g/mol. The summed E-state index contributed by atoms with van der Waals surface area (Å²) in [7, 11) is 0. The molecule has 1 saturated heterocycles. The third-order valence-electron chi connectivity index (χ3n) is 3.39. The molecule has 1 atom stereocenters. The van der Waals surface area contributed by atoms with Gasteiger partial charge in [0.25, 0.3) is 0 Å². The molecule has 2 N–H and O–H groups in total. The van der Waals surface area contributed by atoms with Crippen LogP contribution in [0.3, 0.4) is 0 Å². The van der Waals surface area contributed by atoms with Crippen LogP contribution in [0.5, 0.6) is 5.75 Å². The van der Waals surface area contributed by atoms with E-state index in [9.17, 15) is 9.90 Å². The maximum absolute atomic E-state index is 12.1. The lowest BCUT2D eigenvalue weighted by molar-refractivity contribution is -0.122. The van der Waals surface area contributed by atoms with Gasteiger partial charge in [-0.3, -0.25) is 4.79 Å². The van der Waals surface area contributed by atoms with Crippen LogP contribution in [0.15, 0.2) is 24.3 Å². The van der Waals surface area contributed by atoms with E-state index in [1.165, 1.54) is 0 Å². The van der Waals surface area contributed by atoms with Gasteiger partial charge in [-0.25, -0.2) is 0 Å². The minimum Gasteiger partial charge on any atom is -0.508 e. The molecule has 1 aromatic carbocycles. The van der Waals surface area contributed by atoms with E-state index in [2.05, 4.69) is 5.32 Å². The topological polar surface area (TPSA) is 49.3 Å². The molecule has 1 aliphatic rings. The van der Waals surface area contributed by atoms with E-state index in [-0.39, 0.29) is 17.5 Å². The number of nitrogens with one attached hydrogen (secondary N) is 1. The molecule has 1 heterocycles. The van der Waals surface area contributed by atoms with E-state index in [4.69, 9.17) is 0 Å². The van der Waals surface area contributed by atoms with Crippen LogP contribution >= 0.6 is 0 Å². The highest BCUT2D eigenvalue weighted by Gasteiger charge is 2.20. The Kier molecular flexibility index (Phi) is 4.15. The van der Waals surface area contributed by atoms with Crippen molar-refractivity contribution in [1.29, 1.82) is 0 Å². The van der Waals surface area contributed by atoms with Gasteiger partial charge < -0.3 is 10.4 Å². The van der Waals surface area contributed by atoms with Gasteiger partial charge >= 0.3 is 0 Å². The predicted molar refractivity (Wildman–Crippen MR) is 67.0 cm³/mol. The minimum atomic E-state index is 0.157. The zero-order chi connectivity index (χ0) is 12.1. The Morgan fingerprint density at radius 2 is 2.12 bits per heavy atom. The molecule has 1 aromatic rings. The van der Waals surface area contributed by atoms with Crippen LogP contribution in [-0.4, -0.2) is 24.0 Å². The zero-order valence-corrected chi connectivity index (χ0v) is 9.98. The second kappa shape index (κ2) is 5.82. The quantitative estimate of drug-likeness (QED) is 0.838. The first-order chi connectivity index (χ1) is 8.27. The first-order valence-electron chi connectivity index (χ1n) is 6.27. The molecule has 3 heteroatoms. The number of hydrogen-bond donors (Lipinski definition) is 2. The SMILES string of the molecule is O=C(Cc1ccccc1O)C1CCCNCC1. The number of para-hydroxylation sites is 1. The van der Waals surface area contributed by atoms with Gasteiger partial charge in [0.15, 0.2) is 0 Å². The van der Waals surface area contributed by atoms with Gasteiger partial charge in [-0.15, -0.1) is 0 Å². The maximum atomic E-state index is 12.1. The lowest BCUT2D eigenvalue weighted by Crippen LogP contribution is -2.19. The highest BCUT2D eigenvalue weighted by Crippen LogP contribution is 2.21. The first kappa shape index (κ1) is 12.1. The van der Waals surface area contributed by atoms with Crippen LogP contribution in [0.4, 0.5) is 0 Å². The van der Waals surface area contributed by atoms with Gasteiger partial charge in [0.05, 0.1) is 0 Å². The second-order valence-corrected chi connectivity index (χ2v) is 4.65. The Bertz CT molecular complexity index is 382. The Morgan fingerprint density at radius 3 is 2.94 bits per heavy atom. The smallest absolute Gasteiger partial charge is 0.140 e. The van der Waals surface area contributed by atoms with Gasteiger partial charge in [-0.05, 0) is 38.4 Å². The Labute approximate surface area is 102 Å². The van der Waals surface area contributed by atoms with Crippen LogP contribution in [0.25, 0.3) is 0 Å². The van der Waals surface area contributed by atoms with Gasteiger partial charge in [-0.1, -0.05) is 18.2 Å². The number of aromatic hydroxyl groups is 1. The molecule has 0 spiro atoms. The number of carbonyl (C=O) groups excluding carboxylic acids is 1. The van der Waals surface area contributed by atoms with E-state index in [0.717, 1.165) is 37.9 Å². The molecule has 2 rings (SSSR count). The largest absolute Gasteiger partial charge is 0.508 e. The van der Waals surface area contributed by atoms with E-state index in [0.29, 0.717) is 6.42 Å². The molecule has 17 heavy (non-hydrogen) atoms. The predicted octanol–water partition coefficient (Wildman–Crippen LogP) is 1.89. The summed E-state index contributed by atoms with van der Waals surface area (Å²) >= 11 is 0. The molecule has 0 aromatic heterocycles. The Balaban J connectivity index is 1.98. The van der Waals surface area contributed by atoms with Crippen molar-refractivity contribution >= 4 is 5.78 Å². The van der Waals surface area contributed by atoms with Crippen molar-refractivity contribution in [2.45, 2.75) is 25.7 Å². The average Bonchev–Trinajstić information content (AvgIpc) is 2.61.